The Labute approximate surface area is 86.4 Å². The molecule has 0 radical (unpaired) electrons. The molecule has 0 aromatic carbocycles. The smallest absolute Gasteiger partial charge is 0.222 e. The van der Waals surface area contributed by atoms with E-state index < -0.39 is 0 Å². The lowest BCUT2D eigenvalue weighted by molar-refractivity contribution is -0.124. The number of carbonyl (C=O) groups excluding carboxylic acids is 1. The van der Waals surface area contributed by atoms with Crippen molar-refractivity contribution in [2.75, 3.05) is 13.1 Å². The van der Waals surface area contributed by atoms with Gasteiger partial charge in [0.25, 0.3) is 0 Å². The Kier molecular flexibility index (Phi) is 4.39. The summed E-state index contributed by atoms with van der Waals surface area (Å²) in [6.07, 6.45) is 3.73. The van der Waals surface area contributed by atoms with Gasteiger partial charge in [0.2, 0.25) is 5.91 Å². The van der Waals surface area contributed by atoms with Crippen molar-refractivity contribution in [3.8, 4) is 0 Å². The minimum Gasteiger partial charge on any atom is -0.356 e. The van der Waals surface area contributed by atoms with Crippen LogP contribution in [0.5, 0.6) is 0 Å². The molecule has 1 fully saturated rings. The molecule has 0 heterocycles. The van der Waals surface area contributed by atoms with Crippen LogP contribution in [0.4, 0.5) is 0 Å². The van der Waals surface area contributed by atoms with Crippen LogP contribution in [0.25, 0.3) is 0 Å². The van der Waals surface area contributed by atoms with Crippen molar-refractivity contribution in [1.29, 1.82) is 0 Å². The van der Waals surface area contributed by atoms with Crippen LogP contribution in [0, 0.1) is 17.8 Å². The molecule has 82 valence electrons. The first-order chi connectivity index (χ1) is 6.65. The summed E-state index contributed by atoms with van der Waals surface area (Å²) in [4.78, 5) is 11.4. The fourth-order valence-corrected chi connectivity index (χ4v) is 2.13. The van der Waals surface area contributed by atoms with Gasteiger partial charge >= 0.3 is 0 Å². The van der Waals surface area contributed by atoms with Crippen LogP contribution < -0.4 is 11.1 Å². The van der Waals surface area contributed by atoms with Gasteiger partial charge in [-0.3, -0.25) is 4.79 Å². The molecule has 0 bridgehead atoms. The number of carbonyl (C=O) groups is 1. The van der Waals surface area contributed by atoms with E-state index in [2.05, 4.69) is 5.32 Å². The molecular formula is C11H22N2O. The van der Waals surface area contributed by atoms with Crippen LogP contribution in [0.3, 0.4) is 0 Å². The molecule has 3 nitrogen and oxygen atoms in total. The fraction of sp³-hybridized carbons (Fsp3) is 0.909. The van der Waals surface area contributed by atoms with Gasteiger partial charge in [0.15, 0.2) is 0 Å². The molecule has 1 rings (SSSR count). The number of rotatable bonds is 4. The Bertz CT molecular complexity index is 192. The first kappa shape index (κ1) is 11.5. The second-order valence-electron chi connectivity index (χ2n) is 4.59. The van der Waals surface area contributed by atoms with Crippen molar-refractivity contribution in [2.45, 2.75) is 33.1 Å². The van der Waals surface area contributed by atoms with E-state index in [1.807, 2.05) is 13.8 Å². The number of amides is 1. The van der Waals surface area contributed by atoms with Crippen LogP contribution in [0.15, 0.2) is 0 Å². The van der Waals surface area contributed by atoms with Crippen LogP contribution >= 0.6 is 0 Å². The molecule has 0 aliphatic heterocycles. The molecule has 0 aromatic heterocycles. The lowest BCUT2D eigenvalue weighted by Gasteiger charge is -2.18. The highest BCUT2D eigenvalue weighted by atomic mass is 16.1. The van der Waals surface area contributed by atoms with E-state index in [1.54, 1.807) is 0 Å². The lowest BCUT2D eigenvalue weighted by atomic mass is 9.96. The van der Waals surface area contributed by atoms with Gasteiger partial charge in [0, 0.05) is 12.5 Å². The molecule has 3 N–H and O–H groups in total. The molecular weight excluding hydrogens is 176 g/mol. The molecule has 0 aromatic rings. The Hall–Kier alpha value is -0.570. The predicted molar refractivity (Wildman–Crippen MR) is 57.7 cm³/mol. The molecule has 2 unspecified atom stereocenters. The summed E-state index contributed by atoms with van der Waals surface area (Å²) in [5.41, 5.74) is 5.68. The summed E-state index contributed by atoms with van der Waals surface area (Å²) in [7, 11) is 0. The molecule has 0 saturated heterocycles. The van der Waals surface area contributed by atoms with E-state index in [0.29, 0.717) is 11.8 Å². The van der Waals surface area contributed by atoms with Gasteiger partial charge in [-0.25, -0.2) is 0 Å². The zero-order valence-corrected chi connectivity index (χ0v) is 9.25. The third kappa shape index (κ3) is 2.98. The van der Waals surface area contributed by atoms with Crippen LogP contribution in [0.2, 0.25) is 0 Å². The Morgan fingerprint density at radius 2 is 2.07 bits per heavy atom. The minimum atomic E-state index is 0.0905. The quantitative estimate of drug-likeness (QED) is 0.711. The van der Waals surface area contributed by atoms with Crippen molar-refractivity contribution in [3.05, 3.63) is 0 Å². The molecule has 1 saturated carbocycles. The Morgan fingerprint density at radius 3 is 2.64 bits per heavy atom. The second kappa shape index (κ2) is 5.35. The molecule has 0 spiro atoms. The predicted octanol–water partition coefficient (Wildman–Crippen LogP) is 1.13. The van der Waals surface area contributed by atoms with Gasteiger partial charge in [-0.05, 0) is 31.2 Å². The summed E-state index contributed by atoms with van der Waals surface area (Å²) < 4.78 is 0. The van der Waals surface area contributed by atoms with E-state index in [1.165, 1.54) is 19.3 Å². The Balaban J connectivity index is 2.27. The van der Waals surface area contributed by atoms with Crippen molar-refractivity contribution >= 4 is 5.91 Å². The minimum absolute atomic E-state index is 0.0905. The monoisotopic (exact) mass is 198 g/mol. The van der Waals surface area contributed by atoms with Gasteiger partial charge < -0.3 is 11.1 Å². The van der Waals surface area contributed by atoms with Gasteiger partial charge in [0.1, 0.15) is 0 Å². The summed E-state index contributed by atoms with van der Waals surface area (Å²) in [5.74, 6) is 1.49. The topological polar surface area (TPSA) is 55.1 Å². The van der Waals surface area contributed by atoms with E-state index in [-0.39, 0.29) is 11.8 Å². The highest BCUT2D eigenvalue weighted by Gasteiger charge is 2.26. The van der Waals surface area contributed by atoms with E-state index in [0.717, 1.165) is 13.1 Å². The van der Waals surface area contributed by atoms with Crippen LogP contribution in [-0.4, -0.2) is 19.0 Å². The third-order valence-corrected chi connectivity index (χ3v) is 3.18. The summed E-state index contributed by atoms with van der Waals surface area (Å²) in [6, 6.07) is 0. The maximum atomic E-state index is 11.4. The van der Waals surface area contributed by atoms with Gasteiger partial charge in [-0.2, -0.15) is 0 Å². The first-order valence-electron chi connectivity index (χ1n) is 5.63. The third-order valence-electron chi connectivity index (χ3n) is 3.18. The average molecular weight is 198 g/mol. The zero-order chi connectivity index (χ0) is 10.6. The van der Waals surface area contributed by atoms with E-state index in [4.69, 9.17) is 5.73 Å². The normalized spacial score (nSPS) is 26.9. The van der Waals surface area contributed by atoms with Crippen molar-refractivity contribution in [3.63, 3.8) is 0 Å². The van der Waals surface area contributed by atoms with Gasteiger partial charge in [-0.15, -0.1) is 0 Å². The molecule has 1 amide bonds. The largest absolute Gasteiger partial charge is 0.356 e. The molecule has 14 heavy (non-hydrogen) atoms. The van der Waals surface area contributed by atoms with Crippen LogP contribution in [0.1, 0.15) is 33.1 Å². The number of nitrogens with two attached hydrogens (primary N) is 1. The standard InChI is InChI=1S/C11H22N2O/c1-8(2)11(14)13-7-10-5-3-4-9(10)6-12/h8-10H,3-7,12H2,1-2H3,(H,13,14). The fourth-order valence-electron chi connectivity index (χ4n) is 2.13. The number of hydrogen-bond donors (Lipinski definition) is 2. The highest BCUT2D eigenvalue weighted by Crippen LogP contribution is 2.30. The van der Waals surface area contributed by atoms with E-state index in [9.17, 15) is 4.79 Å². The molecule has 2 atom stereocenters. The van der Waals surface area contributed by atoms with Gasteiger partial charge in [-0.1, -0.05) is 20.3 Å². The molecule has 1 aliphatic carbocycles. The molecule has 1 aliphatic rings. The summed E-state index contributed by atoms with van der Waals surface area (Å²) in [6.45, 7) is 5.43. The average Bonchev–Trinajstić information content (AvgIpc) is 2.60. The second-order valence-corrected chi connectivity index (χ2v) is 4.59. The highest BCUT2D eigenvalue weighted by molar-refractivity contribution is 5.77. The first-order valence-corrected chi connectivity index (χ1v) is 5.63. The maximum absolute atomic E-state index is 11.4. The van der Waals surface area contributed by atoms with Crippen molar-refractivity contribution < 1.29 is 4.79 Å². The maximum Gasteiger partial charge on any atom is 0.222 e. The Morgan fingerprint density at radius 1 is 1.43 bits per heavy atom. The number of hydrogen-bond acceptors (Lipinski definition) is 2. The summed E-state index contributed by atoms with van der Waals surface area (Å²) >= 11 is 0. The van der Waals surface area contributed by atoms with Crippen molar-refractivity contribution in [2.24, 2.45) is 23.5 Å². The summed E-state index contributed by atoms with van der Waals surface area (Å²) in [5, 5.41) is 2.99. The van der Waals surface area contributed by atoms with E-state index >= 15 is 0 Å². The van der Waals surface area contributed by atoms with Gasteiger partial charge in [0.05, 0.1) is 0 Å². The zero-order valence-electron chi connectivity index (χ0n) is 9.25. The van der Waals surface area contributed by atoms with Crippen molar-refractivity contribution in [1.82, 2.24) is 5.32 Å². The molecule has 3 heteroatoms. The van der Waals surface area contributed by atoms with Crippen LogP contribution in [-0.2, 0) is 4.79 Å². The lowest BCUT2D eigenvalue weighted by Crippen LogP contribution is -2.35. The SMILES string of the molecule is CC(C)C(=O)NCC1CCCC1CN. The number of nitrogens with one attached hydrogen (secondary N) is 1.